The third-order valence-electron chi connectivity index (χ3n) is 7.40. The molecule has 0 unspecified atom stereocenters. The first-order valence-corrected chi connectivity index (χ1v) is 14.1. The van der Waals surface area contributed by atoms with Crippen LogP contribution in [0.2, 0.25) is 5.02 Å². The zero-order valence-corrected chi connectivity index (χ0v) is 23.9. The Labute approximate surface area is 239 Å². The van der Waals surface area contributed by atoms with Gasteiger partial charge in [-0.1, -0.05) is 17.7 Å². The van der Waals surface area contributed by atoms with Crippen LogP contribution in [0.1, 0.15) is 48.9 Å². The minimum Gasteiger partial charge on any atom is -0.405 e. The summed E-state index contributed by atoms with van der Waals surface area (Å²) in [5.74, 6) is -4.29. The third kappa shape index (κ3) is 7.25. The van der Waals surface area contributed by atoms with Gasteiger partial charge in [0.05, 0.1) is 16.9 Å². The molecule has 1 aromatic carbocycles. The second-order valence-corrected chi connectivity index (χ2v) is 12.2. The van der Waals surface area contributed by atoms with Gasteiger partial charge in [-0.2, -0.15) is 4.31 Å². The molecule has 4 rings (SSSR count). The first-order chi connectivity index (χ1) is 18.1. The quantitative estimate of drug-likeness (QED) is 0.289. The Bertz CT molecular complexity index is 1300. The molecule has 0 bridgehead atoms. The first-order valence-electron chi connectivity index (χ1n) is 12.3. The van der Waals surface area contributed by atoms with Gasteiger partial charge in [0.1, 0.15) is 5.75 Å². The van der Waals surface area contributed by atoms with E-state index in [0.717, 1.165) is 6.07 Å². The van der Waals surface area contributed by atoms with Crippen LogP contribution in [0.5, 0.6) is 5.75 Å². The van der Waals surface area contributed by atoms with E-state index in [1.165, 1.54) is 33.5 Å². The van der Waals surface area contributed by atoms with Crippen molar-refractivity contribution >= 4 is 39.8 Å². The van der Waals surface area contributed by atoms with Crippen LogP contribution in [-0.4, -0.2) is 77.0 Å². The lowest BCUT2D eigenvalue weighted by Crippen LogP contribution is -2.59. The number of Topliss-reactive ketones (excluding diaryl/α,β-unsaturated/α-hetero) is 1. The van der Waals surface area contributed by atoms with Crippen LogP contribution < -0.4 is 4.74 Å². The Morgan fingerprint density at radius 3 is 2.27 bits per heavy atom. The lowest BCUT2D eigenvalue weighted by Gasteiger charge is -2.50. The molecular formula is C24H29Cl2F5N4O4S. The monoisotopic (exact) mass is 634 g/mol. The van der Waals surface area contributed by atoms with Crippen LogP contribution in [0.25, 0.3) is 0 Å². The molecule has 1 saturated carbocycles. The Hall–Kier alpha value is -2.00. The minimum absolute atomic E-state index is 0. The number of hydrogen-bond donors (Lipinski definition) is 0. The predicted octanol–water partition coefficient (Wildman–Crippen LogP) is 5.31. The van der Waals surface area contributed by atoms with Crippen molar-refractivity contribution in [2.45, 2.75) is 61.4 Å². The van der Waals surface area contributed by atoms with Gasteiger partial charge in [-0.05, 0) is 31.4 Å². The number of piperazine rings is 1. The molecule has 2 aliphatic rings. The van der Waals surface area contributed by atoms with Crippen LogP contribution in [0.15, 0.2) is 35.7 Å². The summed E-state index contributed by atoms with van der Waals surface area (Å²) < 4.78 is 99.6. The molecular weight excluding hydrogens is 606 g/mol. The highest BCUT2D eigenvalue weighted by atomic mass is 35.5. The smallest absolute Gasteiger partial charge is 0.405 e. The largest absolute Gasteiger partial charge is 0.573 e. The average molecular weight is 635 g/mol. The van der Waals surface area contributed by atoms with Crippen molar-refractivity contribution in [3.63, 3.8) is 0 Å². The van der Waals surface area contributed by atoms with Gasteiger partial charge in [-0.25, -0.2) is 22.2 Å². The molecule has 1 aromatic heterocycles. The summed E-state index contributed by atoms with van der Waals surface area (Å²) in [5.41, 5.74) is -1.27. The van der Waals surface area contributed by atoms with Crippen molar-refractivity contribution in [1.82, 2.24) is 18.8 Å². The number of halogens is 7. The molecule has 2 aromatic rings. The number of ether oxygens (including phenoxy) is 1. The number of carbonyl (C=O) groups excluding carboxylic acids is 1. The first kappa shape index (κ1) is 32.5. The normalized spacial score (nSPS) is 20.1. The highest BCUT2D eigenvalue weighted by Crippen LogP contribution is 2.45. The SMILES string of the molecule is Cl.Cn1cnc(S(=O)(=O)N2CCN(C3(CCC(=O)c4c(Cl)cccc4OC(F)(F)F)CCC(F)(F)CC3)CC2)c1. The molecule has 8 nitrogen and oxygen atoms in total. The number of benzene rings is 1. The number of carbonyl (C=O) groups is 1. The summed E-state index contributed by atoms with van der Waals surface area (Å²) >= 11 is 6.06. The third-order valence-corrected chi connectivity index (χ3v) is 9.50. The van der Waals surface area contributed by atoms with E-state index >= 15 is 0 Å². The molecule has 2 heterocycles. The van der Waals surface area contributed by atoms with E-state index in [0.29, 0.717) is 0 Å². The van der Waals surface area contributed by atoms with E-state index in [-0.39, 0.29) is 74.3 Å². The number of nitrogens with zero attached hydrogens (tertiary/aromatic N) is 4. The highest BCUT2D eigenvalue weighted by Gasteiger charge is 2.48. The highest BCUT2D eigenvalue weighted by molar-refractivity contribution is 7.89. The zero-order chi connectivity index (χ0) is 28.6. The number of hydrogen-bond acceptors (Lipinski definition) is 6. The summed E-state index contributed by atoms with van der Waals surface area (Å²) in [6.07, 6.45) is -3.16. The summed E-state index contributed by atoms with van der Waals surface area (Å²) in [4.78, 5) is 19.0. The van der Waals surface area contributed by atoms with Crippen molar-refractivity contribution in [2.24, 2.45) is 7.05 Å². The van der Waals surface area contributed by atoms with E-state index in [9.17, 15) is 35.2 Å². The van der Waals surface area contributed by atoms with Gasteiger partial charge in [0.15, 0.2) is 10.8 Å². The molecule has 16 heteroatoms. The van der Waals surface area contributed by atoms with Gasteiger partial charge < -0.3 is 9.30 Å². The van der Waals surface area contributed by atoms with Crippen molar-refractivity contribution in [1.29, 1.82) is 0 Å². The molecule has 224 valence electrons. The van der Waals surface area contributed by atoms with Crippen LogP contribution in [0, 0.1) is 0 Å². The van der Waals surface area contributed by atoms with Crippen molar-refractivity contribution in [3.05, 3.63) is 41.3 Å². The second-order valence-electron chi connectivity index (χ2n) is 9.93. The molecule has 0 atom stereocenters. The zero-order valence-electron chi connectivity index (χ0n) is 21.5. The fourth-order valence-electron chi connectivity index (χ4n) is 5.32. The van der Waals surface area contributed by atoms with Gasteiger partial charge in [-0.15, -0.1) is 25.6 Å². The van der Waals surface area contributed by atoms with Crippen LogP contribution >= 0.6 is 24.0 Å². The molecule has 0 amide bonds. The van der Waals surface area contributed by atoms with Gasteiger partial charge >= 0.3 is 6.36 Å². The van der Waals surface area contributed by atoms with Crippen LogP contribution in [0.3, 0.4) is 0 Å². The molecule has 0 spiro atoms. The maximum absolute atomic E-state index is 14.1. The standard InChI is InChI=1S/C24H28ClF5N4O4S.ClH/c1-32-15-20(31-16-32)39(36,37)34-13-11-33(12-14-34)22(7-9-23(26,27)10-8-22)6-5-18(35)21-17(25)3-2-4-19(21)38-24(28,29)30;/h2-4,15-16H,5-14H2,1H3;1H. The number of ketones is 1. The Balaban J connectivity index is 0.00000441. The van der Waals surface area contributed by atoms with Crippen LogP contribution in [0.4, 0.5) is 22.0 Å². The number of imidazole rings is 1. The summed E-state index contributed by atoms with van der Waals surface area (Å²) in [7, 11) is -2.19. The Kier molecular flexibility index (Phi) is 9.82. The van der Waals surface area contributed by atoms with Gasteiger partial charge in [0.25, 0.3) is 10.0 Å². The molecule has 1 aliphatic heterocycles. The predicted molar refractivity (Wildman–Crippen MR) is 139 cm³/mol. The van der Waals surface area contributed by atoms with E-state index in [4.69, 9.17) is 11.6 Å². The minimum atomic E-state index is -5.04. The molecule has 0 N–H and O–H groups in total. The van der Waals surface area contributed by atoms with E-state index in [1.807, 2.05) is 4.90 Å². The maximum Gasteiger partial charge on any atom is 0.573 e. The molecule has 0 radical (unpaired) electrons. The van der Waals surface area contributed by atoms with Gasteiger partial charge in [0, 0.05) is 64.2 Å². The summed E-state index contributed by atoms with van der Waals surface area (Å²) in [6.45, 7) is 0.666. The average Bonchev–Trinajstić information content (AvgIpc) is 3.30. The topological polar surface area (TPSA) is 84.7 Å². The fraction of sp³-hybridized carbons (Fsp3) is 0.583. The number of aromatic nitrogens is 2. The van der Waals surface area contributed by atoms with E-state index in [1.54, 1.807) is 7.05 Å². The lowest BCUT2D eigenvalue weighted by molar-refractivity contribution is -0.274. The molecule has 1 saturated heterocycles. The number of sulfonamides is 1. The lowest BCUT2D eigenvalue weighted by atomic mass is 9.74. The van der Waals surface area contributed by atoms with Gasteiger partial charge in [0.2, 0.25) is 5.92 Å². The Morgan fingerprint density at radius 1 is 1.10 bits per heavy atom. The van der Waals surface area contributed by atoms with Crippen molar-refractivity contribution < 1.29 is 39.9 Å². The molecule has 2 fully saturated rings. The van der Waals surface area contributed by atoms with E-state index < -0.39 is 57.8 Å². The van der Waals surface area contributed by atoms with Crippen molar-refractivity contribution in [2.75, 3.05) is 26.2 Å². The fourth-order valence-corrected chi connectivity index (χ4v) is 6.98. The second kappa shape index (κ2) is 12.1. The maximum atomic E-state index is 14.1. The van der Waals surface area contributed by atoms with Crippen molar-refractivity contribution in [3.8, 4) is 5.75 Å². The number of aryl methyl sites for hydroxylation is 1. The number of alkyl halides is 5. The Morgan fingerprint density at radius 2 is 1.73 bits per heavy atom. The molecule has 40 heavy (non-hydrogen) atoms. The summed E-state index contributed by atoms with van der Waals surface area (Å²) in [6, 6.07) is 3.49. The van der Waals surface area contributed by atoms with Crippen LogP contribution in [-0.2, 0) is 17.1 Å². The molecule has 1 aliphatic carbocycles. The van der Waals surface area contributed by atoms with E-state index in [2.05, 4.69) is 9.72 Å². The number of rotatable bonds is 8. The summed E-state index contributed by atoms with van der Waals surface area (Å²) in [5, 5.41) is -0.299. The van der Waals surface area contributed by atoms with Gasteiger partial charge in [-0.3, -0.25) is 9.69 Å².